The quantitative estimate of drug-likeness (QED) is 0.758. The lowest BCUT2D eigenvalue weighted by Gasteiger charge is -2.22. The van der Waals surface area contributed by atoms with Gasteiger partial charge in [-0.3, -0.25) is 0 Å². The van der Waals surface area contributed by atoms with E-state index in [0.29, 0.717) is 35.0 Å². The predicted octanol–water partition coefficient (Wildman–Crippen LogP) is 2.53. The summed E-state index contributed by atoms with van der Waals surface area (Å²) in [7, 11) is 0. The molecule has 0 unspecified atom stereocenters. The molecule has 2 rings (SSSR count). The third-order valence-electron chi connectivity index (χ3n) is 3.17. The van der Waals surface area contributed by atoms with Crippen molar-refractivity contribution < 1.29 is 10.2 Å². The van der Waals surface area contributed by atoms with Gasteiger partial charge in [-0.15, -0.1) is 10.2 Å². The molecule has 120 valence electrons. The molecule has 0 aliphatic carbocycles. The summed E-state index contributed by atoms with van der Waals surface area (Å²) in [6.07, 6.45) is 0. The molecule has 1 aromatic heterocycles. The van der Waals surface area contributed by atoms with Gasteiger partial charge in [0.05, 0.1) is 24.6 Å². The van der Waals surface area contributed by atoms with Crippen LogP contribution in [0.1, 0.15) is 11.3 Å². The van der Waals surface area contributed by atoms with Gasteiger partial charge >= 0.3 is 0 Å². The van der Waals surface area contributed by atoms with E-state index >= 15 is 0 Å². The van der Waals surface area contributed by atoms with Crippen molar-refractivity contribution in [1.82, 2.24) is 4.37 Å². The number of aliphatic hydroxyl groups excluding tert-OH is 2. The van der Waals surface area contributed by atoms with Crippen LogP contribution in [0, 0.1) is 18.3 Å². The van der Waals surface area contributed by atoms with Gasteiger partial charge < -0.3 is 15.1 Å². The maximum Gasteiger partial charge on any atom is 0.176 e. The zero-order chi connectivity index (χ0) is 16.7. The smallest absolute Gasteiger partial charge is 0.176 e. The molecule has 0 saturated carbocycles. The molecule has 23 heavy (non-hydrogen) atoms. The summed E-state index contributed by atoms with van der Waals surface area (Å²) in [5.41, 5.74) is 2.65. The fourth-order valence-corrected chi connectivity index (χ4v) is 2.68. The van der Waals surface area contributed by atoms with Gasteiger partial charge in [0.15, 0.2) is 5.00 Å². The third-order valence-corrected chi connectivity index (χ3v) is 3.99. The summed E-state index contributed by atoms with van der Waals surface area (Å²) in [6.45, 7) is 2.70. The summed E-state index contributed by atoms with van der Waals surface area (Å²) in [5.74, 6) is 0. The number of nitrogens with zero attached hydrogens (tertiary/aromatic N) is 5. The molecular weight excluding hydrogens is 314 g/mol. The Bertz CT molecular complexity index is 700. The molecule has 0 amide bonds. The van der Waals surface area contributed by atoms with E-state index in [9.17, 15) is 0 Å². The molecule has 7 nitrogen and oxygen atoms in total. The van der Waals surface area contributed by atoms with Crippen molar-refractivity contribution in [2.24, 2.45) is 10.2 Å². The second-order valence-electron chi connectivity index (χ2n) is 4.71. The number of nitriles is 1. The van der Waals surface area contributed by atoms with Gasteiger partial charge in [0.2, 0.25) is 0 Å². The maximum atomic E-state index is 9.05. The van der Waals surface area contributed by atoms with E-state index in [1.165, 1.54) is 0 Å². The van der Waals surface area contributed by atoms with E-state index in [2.05, 4.69) is 20.7 Å². The molecule has 0 atom stereocenters. The summed E-state index contributed by atoms with van der Waals surface area (Å²) in [6, 6.07) is 9.36. The fraction of sp³-hybridized carbons (Fsp3) is 0.333. The summed E-state index contributed by atoms with van der Waals surface area (Å²) in [4.78, 5) is 1.88. The molecule has 0 radical (unpaired) electrons. The van der Waals surface area contributed by atoms with Crippen LogP contribution in [-0.2, 0) is 0 Å². The fourth-order valence-electron chi connectivity index (χ4n) is 2.00. The van der Waals surface area contributed by atoms with Crippen LogP contribution in [0.2, 0.25) is 0 Å². The molecule has 0 bridgehead atoms. The second-order valence-corrected chi connectivity index (χ2v) is 5.46. The minimum atomic E-state index is 0.0170. The highest BCUT2D eigenvalue weighted by molar-refractivity contribution is 7.10. The van der Waals surface area contributed by atoms with E-state index in [-0.39, 0.29) is 13.2 Å². The number of aryl methyl sites for hydroxylation is 1. The molecule has 1 heterocycles. The van der Waals surface area contributed by atoms with Crippen LogP contribution < -0.4 is 4.90 Å². The maximum absolute atomic E-state index is 9.05. The SMILES string of the molecule is Cc1nsc(N=Nc2ccc(N(CCO)CCO)cc2)c1C#N. The summed E-state index contributed by atoms with van der Waals surface area (Å²) >= 11 is 1.14. The number of benzene rings is 1. The van der Waals surface area contributed by atoms with Crippen LogP contribution in [0.3, 0.4) is 0 Å². The van der Waals surface area contributed by atoms with Gasteiger partial charge in [0, 0.05) is 18.8 Å². The molecule has 0 aliphatic heterocycles. The molecule has 8 heteroatoms. The van der Waals surface area contributed by atoms with Crippen molar-refractivity contribution in [3.05, 3.63) is 35.5 Å². The van der Waals surface area contributed by atoms with Crippen molar-refractivity contribution in [2.75, 3.05) is 31.2 Å². The zero-order valence-electron chi connectivity index (χ0n) is 12.7. The number of anilines is 1. The lowest BCUT2D eigenvalue weighted by molar-refractivity contribution is 0.281. The third kappa shape index (κ3) is 4.32. The Labute approximate surface area is 138 Å². The van der Waals surface area contributed by atoms with Crippen molar-refractivity contribution >= 4 is 27.9 Å². The van der Waals surface area contributed by atoms with Gasteiger partial charge in [-0.05, 0) is 42.7 Å². The number of azo groups is 1. The van der Waals surface area contributed by atoms with Gasteiger partial charge in [-0.25, -0.2) is 0 Å². The van der Waals surface area contributed by atoms with E-state index < -0.39 is 0 Å². The van der Waals surface area contributed by atoms with Crippen LogP contribution in [0.25, 0.3) is 0 Å². The Morgan fingerprint density at radius 1 is 1.17 bits per heavy atom. The van der Waals surface area contributed by atoms with Crippen molar-refractivity contribution in [1.29, 1.82) is 5.26 Å². The van der Waals surface area contributed by atoms with Crippen LogP contribution in [-0.4, -0.2) is 40.9 Å². The van der Waals surface area contributed by atoms with Crippen LogP contribution in [0.5, 0.6) is 0 Å². The summed E-state index contributed by atoms with van der Waals surface area (Å²) < 4.78 is 4.09. The first kappa shape index (κ1) is 17.0. The minimum Gasteiger partial charge on any atom is -0.395 e. The van der Waals surface area contributed by atoms with E-state index in [4.69, 9.17) is 15.5 Å². The highest BCUT2D eigenvalue weighted by Crippen LogP contribution is 2.29. The monoisotopic (exact) mass is 331 g/mol. The van der Waals surface area contributed by atoms with Crippen LogP contribution >= 0.6 is 11.5 Å². The number of rotatable bonds is 7. The largest absolute Gasteiger partial charge is 0.395 e. The van der Waals surface area contributed by atoms with Gasteiger partial charge in [-0.2, -0.15) is 9.64 Å². The predicted molar refractivity (Wildman–Crippen MR) is 88.6 cm³/mol. The Morgan fingerprint density at radius 3 is 2.39 bits per heavy atom. The topological polar surface area (TPSA) is 105 Å². The molecule has 1 aromatic carbocycles. The number of hydrogen-bond acceptors (Lipinski definition) is 8. The molecule has 0 saturated heterocycles. The van der Waals surface area contributed by atoms with Crippen molar-refractivity contribution in [3.8, 4) is 6.07 Å². The first-order valence-corrected chi connectivity index (χ1v) is 7.81. The first-order chi connectivity index (χ1) is 11.2. The Hall–Kier alpha value is -2.34. The van der Waals surface area contributed by atoms with Gasteiger partial charge in [0.25, 0.3) is 0 Å². The van der Waals surface area contributed by atoms with Gasteiger partial charge in [-0.1, -0.05) is 0 Å². The minimum absolute atomic E-state index is 0.0170. The van der Waals surface area contributed by atoms with E-state index in [1.54, 1.807) is 19.1 Å². The van der Waals surface area contributed by atoms with E-state index in [1.807, 2.05) is 17.0 Å². The van der Waals surface area contributed by atoms with E-state index in [0.717, 1.165) is 17.2 Å². The van der Waals surface area contributed by atoms with Crippen molar-refractivity contribution in [2.45, 2.75) is 6.92 Å². The Morgan fingerprint density at radius 2 is 1.83 bits per heavy atom. The Balaban J connectivity index is 2.13. The lowest BCUT2D eigenvalue weighted by Crippen LogP contribution is -2.29. The van der Waals surface area contributed by atoms with Crippen LogP contribution in [0.15, 0.2) is 34.5 Å². The van der Waals surface area contributed by atoms with Crippen LogP contribution in [0.4, 0.5) is 16.4 Å². The highest BCUT2D eigenvalue weighted by atomic mass is 32.1. The standard InChI is InChI=1S/C15H17N5O2S/c1-11-14(10-16)15(23-19-11)18-17-12-2-4-13(5-3-12)20(6-8-21)7-9-22/h2-5,21-22H,6-9H2,1H3. The first-order valence-electron chi connectivity index (χ1n) is 7.04. The zero-order valence-corrected chi connectivity index (χ0v) is 13.5. The molecule has 0 fully saturated rings. The normalized spacial score (nSPS) is 10.9. The molecule has 2 N–H and O–H groups in total. The number of aromatic nitrogens is 1. The second kappa shape index (κ2) is 8.33. The summed E-state index contributed by atoms with van der Waals surface area (Å²) in [5, 5.41) is 35.9. The highest BCUT2D eigenvalue weighted by Gasteiger charge is 2.09. The number of aliphatic hydroxyl groups is 2. The molecule has 0 spiro atoms. The van der Waals surface area contributed by atoms with Gasteiger partial charge in [0.1, 0.15) is 11.6 Å². The molecule has 2 aromatic rings. The number of hydrogen-bond donors (Lipinski definition) is 2. The van der Waals surface area contributed by atoms with Crippen molar-refractivity contribution in [3.63, 3.8) is 0 Å². The average molecular weight is 331 g/mol. The lowest BCUT2D eigenvalue weighted by atomic mass is 10.2. The molecule has 0 aliphatic rings. The average Bonchev–Trinajstić information content (AvgIpc) is 2.93. The Kier molecular flexibility index (Phi) is 6.17. The molecular formula is C15H17N5O2S.